The van der Waals surface area contributed by atoms with Crippen molar-refractivity contribution in [3.05, 3.63) is 66.2 Å². The fraction of sp³-hybridized carbons (Fsp3) is 0.0625. The highest BCUT2D eigenvalue weighted by molar-refractivity contribution is 5.82. The molecule has 0 spiro atoms. The van der Waals surface area contributed by atoms with Gasteiger partial charge in [0.1, 0.15) is 0 Å². The molecule has 0 aliphatic heterocycles. The molecule has 0 radical (unpaired) electrons. The SMILES string of the molecule is NCc1ccc2ccc(-c3ccccc3)nc2c1. The Hall–Kier alpha value is -2.19. The monoisotopic (exact) mass is 234 g/mol. The summed E-state index contributed by atoms with van der Waals surface area (Å²) in [6.45, 7) is 0.549. The summed E-state index contributed by atoms with van der Waals surface area (Å²) in [5.41, 5.74) is 9.91. The number of nitrogens with two attached hydrogens (primary N) is 1. The van der Waals surface area contributed by atoms with Crippen molar-refractivity contribution < 1.29 is 0 Å². The first-order chi connectivity index (χ1) is 8.86. The van der Waals surface area contributed by atoms with Crippen LogP contribution < -0.4 is 5.73 Å². The molecule has 1 aromatic heterocycles. The Morgan fingerprint density at radius 1 is 0.889 bits per heavy atom. The number of aromatic nitrogens is 1. The van der Waals surface area contributed by atoms with Crippen LogP contribution in [0.4, 0.5) is 0 Å². The van der Waals surface area contributed by atoms with Crippen molar-refractivity contribution in [2.75, 3.05) is 0 Å². The summed E-state index contributed by atoms with van der Waals surface area (Å²) >= 11 is 0. The summed E-state index contributed by atoms with van der Waals surface area (Å²) < 4.78 is 0. The molecule has 0 unspecified atom stereocenters. The molecule has 0 bridgehead atoms. The van der Waals surface area contributed by atoms with Crippen LogP contribution in [0.3, 0.4) is 0 Å². The standard InChI is InChI=1S/C16H14N2/c17-11-12-6-7-14-8-9-15(18-16(14)10-12)13-4-2-1-3-5-13/h1-10H,11,17H2. The quantitative estimate of drug-likeness (QED) is 0.738. The smallest absolute Gasteiger partial charge is 0.0712 e. The van der Waals surface area contributed by atoms with Crippen molar-refractivity contribution in [1.29, 1.82) is 0 Å². The molecule has 0 amide bonds. The first-order valence-corrected chi connectivity index (χ1v) is 6.02. The van der Waals surface area contributed by atoms with Gasteiger partial charge < -0.3 is 5.73 Å². The van der Waals surface area contributed by atoms with Gasteiger partial charge in [-0.25, -0.2) is 4.98 Å². The molecular formula is C16H14N2. The Morgan fingerprint density at radius 3 is 2.44 bits per heavy atom. The predicted octanol–water partition coefficient (Wildman–Crippen LogP) is 3.36. The maximum absolute atomic E-state index is 5.66. The molecule has 3 aromatic rings. The van der Waals surface area contributed by atoms with Gasteiger partial charge in [-0.1, -0.05) is 48.5 Å². The largest absolute Gasteiger partial charge is 0.326 e. The fourth-order valence-corrected chi connectivity index (χ4v) is 2.06. The summed E-state index contributed by atoms with van der Waals surface area (Å²) in [6.07, 6.45) is 0. The number of benzene rings is 2. The fourth-order valence-electron chi connectivity index (χ4n) is 2.06. The van der Waals surface area contributed by atoms with Crippen LogP contribution in [0.5, 0.6) is 0 Å². The van der Waals surface area contributed by atoms with Crippen LogP contribution in [0, 0.1) is 0 Å². The summed E-state index contributed by atoms with van der Waals surface area (Å²) in [5.74, 6) is 0. The number of hydrogen-bond donors (Lipinski definition) is 1. The van der Waals surface area contributed by atoms with Crippen LogP contribution in [0.15, 0.2) is 60.7 Å². The van der Waals surface area contributed by atoms with E-state index in [1.807, 2.05) is 24.3 Å². The van der Waals surface area contributed by atoms with Gasteiger partial charge in [-0.05, 0) is 17.7 Å². The van der Waals surface area contributed by atoms with Gasteiger partial charge in [0.15, 0.2) is 0 Å². The number of rotatable bonds is 2. The molecule has 2 nitrogen and oxygen atoms in total. The van der Waals surface area contributed by atoms with Gasteiger partial charge >= 0.3 is 0 Å². The lowest BCUT2D eigenvalue weighted by atomic mass is 10.1. The molecule has 18 heavy (non-hydrogen) atoms. The topological polar surface area (TPSA) is 38.9 Å². The highest BCUT2D eigenvalue weighted by atomic mass is 14.7. The minimum Gasteiger partial charge on any atom is -0.326 e. The van der Waals surface area contributed by atoms with Gasteiger partial charge in [0.2, 0.25) is 0 Å². The van der Waals surface area contributed by atoms with Crippen molar-refractivity contribution in [3.8, 4) is 11.3 Å². The third-order valence-electron chi connectivity index (χ3n) is 3.06. The first-order valence-electron chi connectivity index (χ1n) is 6.02. The number of fused-ring (bicyclic) bond motifs is 1. The lowest BCUT2D eigenvalue weighted by Gasteiger charge is -2.04. The van der Waals surface area contributed by atoms with Gasteiger partial charge in [-0.2, -0.15) is 0 Å². The molecule has 0 saturated heterocycles. The Labute approximate surface area is 106 Å². The van der Waals surface area contributed by atoms with Crippen LogP contribution in [-0.2, 0) is 6.54 Å². The molecular weight excluding hydrogens is 220 g/mol. The zero-order valence-corrected chi connectivity index (χ0v) is 10.0. The average molecular weight is 234 g/mol. The predicted molar refractivity (Wildman–Crippen MR) is 75.1 cm³/mol. The van der Waals surface area contributed by atoms with E-state index in [4.69, 9.17) is 10.7 Å². The van der Waals surface area contributed by atoms with Crippen molar-refractivity contribution in [2.45, 2.75) is 6.54 Å². The highest BCUT2D eigenvalue weighted by Crippen LogP contribution is 2.21. The molecule has 3 rings (SSSR count). The van der Waals surface area contributed by atoms with Crippen LogP contribution in [0.2, 0.25) is 0 Å². The third-order valence-corrected chi connectivity index (χ3v) is 3.06. The third kappa shape index (κ3) is 1.98. The van der Waals surface area contributed by atoms with E-state index in [9.17, 15) is 0 Å². The Kier molecular flexibility index (Phi) is 2.79. The molecule has 0 aliphatic carbocycles. The normalized spacial score (nSPS) is 10.7. The second-order valence-corrected chi connectivity index (χ2v) is 4.29. The van der Waals surface area contributed by atoms with Gasteiger partial charge in [-0.15, -0.1) is 0 Å². The van der Waals surface area contributed by atoms with Crippen molar-refractivity contribution >= 4 is 10.9 Å². The minimum absolute atomic E-state index is 0.549. The van der Waals surface area contributed by atoms with Crippen molar-refractivity contribution in [3.63, 3.8) is 0 Å². The van der Waals surface area contributed by atoms with Gasteiger partial charge in [0, 0.05) is 17.5 Å². The van der Waals surface area contributed by atoms with Gasteiger partial charge in [-0.3, -0.25) is 0 Å². The van der Waals surface area contributed by atoms with Crippen molar-refractivity contribution in [2.24, 2.45) is 5.73 Å². The summed E-state index contributed by atoms with van der Waals surface area (Å²) in [5, 5.41) is 1.15. The molecule has 88 valence electrons. The molecule has 0 aliphatic rings. The van der Waals surface area contributed by atoms with Crippen LogP contribution in [-0.4, -0.2) is 4.98 Å². The van der Waals surface area contributed by atoms with Crippen LogP contribution in [0.25, 0.3) is 22.2 Å². The van der Waals surface area contributed by atoms with E-state index in [0.29, 0.717) is 6.54 Å². The number of hydrogen-bond acceptors (Lipinski definition) is 2. The lowest BCUT2D eigenvalue weighted by Crippen LogP contribution is -1.96. The molecule has 2 heteroatoms. The van der Waals surface area contributed by atoms with Gasteiger partial charge in [0.05, 0.1) is 11.2 Å². The van der Waals surface area contributed by atoms with E-state index in [1.165, 1.54) is 0 Å². The van der Waals surface area contributed by atoms with Crippen LogP contribution >= 0.6 is 0 Å². The van der Waals surface area contributed by atoms with E-state index in [-0.39, 0.29) is 0 Å². The first kappa shape index (κ1) is 10.9. The van der Waals surface area contributed by atoms with E-state index in [0.717, 1.165) is 27.7 Å². The molecule has 0 atom stereocenters. The molecule has 2 N–H and O–H groups in total. The average Bonchev–Trinajstić information content (AvgIpc) is 2.47. The Bertz CT molecular complexity index is 675. The van der Waals surface area contributed by atoms with Gasteiger partial charge in [0.25, 0.3) is 0 Å². The Morgan fingerprint density at radius 2 is 1.67 bits per heavy atom. The summed E-state index contributed by atoms with van der Waals surface area (Å²) in [6, 6.07) is 20.5. The van der Waals surface area contributed by atoms with E-state index in [2.05, 4.69) is 36.4 Å². The maximum atomic E-state index is 5.66. The highest BCUT2D eigenvalue weighted by Gasteiger charge is 2.01. The Balaban J connectivity index is 2.15. The maximum Gasteiger partial charge on any atom is 0.0712 e. The molecule has 1 heterocycles. The zero-order chi connectivity index (χ0) is 12.4. The summed E-state index contributed by atoms with van der Waals surface area (Å²) in [4.78, 5) is 4.70. The van der Waals surface area contributed by atoms with E-state index in [1.54, 1.807) is 0 Å². The summed E-state index contributed by atoms with van der Waals surface area (Å²) in [7, 11) is 0. The van der Waals surface area contributed by atoms with Crippen LogP contribution in [0.1, 0.15) is 5.56 Å². The second-order valence-electron chi connectivity index (χ2n) is 4.29. The molecule has 0 fully saturated rings. The molecule has 2 aromatic carbocycles. The molecule has 0 saturated carbocycles. The lowest BCUT2D eigenvalue weighted by molar-refractivity contribution is 1.07. The second kappa shape index (κ2) is 4.59. The van der Waals surface area contributed by atoms with E-state index >= 15 is 0 Å². The minimum atomic E-state index is 0.549. The zero-order valence-electron chi connectivity index (χ0n) is 10.0. The van der Waals surface area contributed by atoms with Crippen molar-refractivity contribution in [1.82, 2.24) is 4.98 Å². The van der Waals surface area contributed by atoms with E-state index < -0.39 is 0 Å². The number of nitrogens with zero attached hydrogens (tertiary/aromatic N) is 1. The number of pyridine rings is 1.